The van der Waals surface area contributed by atoms with Crippen LogP contribution in [0, 0.1) is 0 Å². The molecule has 3 aromatic rings. The molecule has 2 nitrogen and oxygen atoms in total. The molecule has 0 fully saturated rings. The standard InChI is InChI=1S/C14H11BrN2/c15-12-3-4-14-13(7-12)11(9-17-14)6-10-2-1-5-16-8-10/h1-5,7-9,17H,6H2. The van der Waals surface area contributed by atoms with Crippen LogP contribution in [0.2, 0.25) is 0 Å². The van der Waals surface area contributed by atoms with Gasteiger partial charge in [0.25, 0.3) is 0 Å². The lowest BCUT2D eigenvalue weighted by Gasteiger charge is -1.99. The van der Waals surface area contributed by atoms with Crippen LogP contribution in [0.15, 0.2) is 53.4 Å². The normalized spacial score (nSPS) is 10.9. The SMILES string of the molecule is Brc1ccc2[nH]cc(Cc3cccnc3)c2c1. The van der Waals surface area contributed by atoms with Crippen molar-refractivity contribution in [3.63, 3.8) is 0 Å². The number of hydrogen-bond donors (Lipinski definition) is 1. The number of aromatic nitrogens is 2. The van der Waals surface area contributed by atoms with E-state index in [1.807, 2.05) is 18.3 Å². The third kappa shape index (κ3) is 2.11. The average molecular weight is 287 g/mol. The molecular formula is C14H11BrN2. The van der Waals surface area contributed by atoms with Crippen molar-refractivity contribution in [2.75, 3.05) is 0 Å². The molecule has 3 rings (SSSR count). The van der Waals surface area contributed by atoms with Gasteiger partial charge in [-0.05, 0) is 35.4 Å². The van der Waals surface area contributed by atoms with Crippen LogP contribution < -0.4 is 0 Å². The monoisotopic (exact) mass is 286 g/mol. The first-order valence-corrected chi connectivity index (χ1v) is 6.26. The van der Waals surface area contributed by atoms with E-state index in [1.54, 1.807) is 6.20 Å². The Morgan fingerprint density at radius 3 is 3.00 bits per heavy atom. The predicted octanol–water partition coefficient (Wildman–Crippen LogP) is 3.92. The summed E-state index contributed by atoms with van der Waals surface area (Å²) in [5, 5.41) is 1.27. The second-order valence-corrected chi connectivity index (χ2v) is 4.96. The first-order chi connectivity index (χ1) is 8.33. The number of fused-ring (bicyclic) bond motifs is 1. The zero-order valence-corrected chi connectivity index (χ0v) is 10.7. The average Bonchev–Trinajstić information content (AvgIpc) is 2.73. The zero-order valence-electron chi connectivity index (χ0n) is 9.15. The highest BCUT2D eigenvalue weighted by atomic mass is 79.9. The Labute approximate surface area is 108 Å². The number of rotatable bonds is 2. The highest BCUT2D eigenvalue weighted by Gasteiger charge is 2.04. The Morgan fingerprint density at radius 1 is 1.24 bits per heavy atom. The van der Waals surface area contributed by atoms with Crippen LogP contribution in [0.4, 0.5) is 0 Å². The van der Waals surface area contributed by atoms with Crippen molar-refractivity contribution in [3.05, 3.63) is 64.5 Å². The molecule has 0 aliphatic heterocycles. The molecule has 17 heavy (non-hydrogen) atoms. The first-order valence-electron chi connectivity index (χ1n) is 5.47. The lowest BCUT2D eigenvalue weighted by atomic mass is 10.1. The quantitative estimate of drug-likeness (QED) is 0.760. The Balaban J connectivity index is 2.03. The number of halogens is 1. The molecule has 3 heteroatoms. The van der Waals surface area contributed by atoms with E-state index in [4.69, 9.17) is 0 Å². The summed E-state index contributed by atoms with van der Waals surface area (Å²) in [4.78, 5) is 7.44. The number of pyridine rings is 1. The summed E-state index contributed by atoms with van der Waals surface area (Å²) in [6.07, 6.45) is 6.69. The second-order valence-electron chi connectivity index (χ2n) is 4.04. The van der Waals surface area contributed by atoms with Gasteiger partial charge in [-0.3, -0.25) is 4.98 Å². The highest BCUT2D eigenvalue weighted by molar-refractivity contribution is 9.10. The predicted molar refractivity (Wildman–Crippen MR) is 73.0 cm³/mol. The molecule has 1 aromatic carbocycles. The Hall–Kier alpha value is -1.61. The third-order valence-corrected chi connectivity index (χ3v) is 3.34. The number of benzene rings is 1. The lowest BCUT2D eigenvalue weighted by Crippen LogP contribution is -1.87. The summed E-state index contributed by atoms with van der Waals surface area (Å²) in [5.74, 6) is 0. The zero-order chi connectivity index (χ0) is 11.7. The smallest absolute Gasteiger partial charge is 0.0457 e. The molecule has 0 saturated heterocycles. The lowest BCUT2D eigenvalue weighted by molar-refractivity contribution is 1.15. The maximum atomic E-state index is 4.14. The number of nitrogens with one attached hydrogen (secondary N) is 1. The van der Waals surface area contributed by atoms with Crippen molar-refractivity contribution < 1.29 is 0 Å². The van der Waals surface area contributed by atoms with Crippen LogP contribution in [-0.2, 0) is 6.42 Å². The molecule has 0 aliphatic carbocycles. The molecule has 0 bridgehead atoms. The van der Waals surface area contributed by atoms with Crippen LogP contribution in [-0.4, -0.2) is 9.97 Å². The molecule has 2 heterocycles. The van der Waals surface area contributed by atoms with Crippen molar-refractivity contribution >= 4 is 26.8 Å². The number of nitrogens with zero attached hydrogens (tertiary/aromatic N) is 1. The highest BCUT2D eigenvalue weighted by Crippen LogP contribution is 2.24. The molecule has 84 valence electrons. The molecule has 1 N–H and O–H groups in total. The van der Waals surface area contributed by atoms with E-state index in [2.05, 4.69) is 50.3 Å². The minimum Gasteiger partial charge on any atom is -0.361 e. The van der Waals surface area contributed by atoms with Crippen molar-refractivity contribution in [3.8, 4) is 0 Å². The van der Waals surface area contributed by atoms with Crippen LogP contribution in [0.3, 0.4) is 0 Å². The molecule has 0 saturated carbocycles. The third-order valence-electron chi connectivity index (χ3n) is 2.85. The van der Waals surface area contributed by atoms with Gasteiger partial charge >= 0.3 is 0 Å². The van der Waals surface area contributed by atoms with E-state index in [-0.39, 0.29) is 0 Å². The van der Waals surface area contributed by atoms with E-state index in [0.717, 1.165) is 10.9 Å². The molecule has 0 spiro atoms. The van der Waals surface area contributed by atoms with Gasteiger partial charge in [-0.1, -0.05) is 22.0 Å². The molecule has 0 unspecified atom stereocenters. The maximum absolute atomic E-state index is 4.14. The first kappa shape index (κ1) is 10.5. The molecule has 0 amide bonds. The minimum atomic E-state index is 0.907. The van der Waals surface area contributed by atoms with Crippen molar-refractivity contribution in [2.24, 2.45) is 0 Å². The second kappa shape index (κ2) is 4.34. The van der Waals surface area contributed by atoms with Crippen LogP contribution >= 0.6 is 15.9 Å². The Kier molecular flexibility index (Phi) is 2.69. The van der Waals surface area contributed by atoms with E-state index >= 15 is 0 Å². The molecular weight excluding hydrogens is 276 g/mol. The van der Waals surface area contributed by atoms with Gasteiger partial charge in [0.1, 0.15) is 0 Å². The van der Waals surface area contributed by atoms with E-state index in [0.29, 0.717) is 0 Å². The topological polar surface area (TPSA) is 28.7 Å². The Bertz CT molecular complexity index is 644. The van der Waals surface area contributed by atoms with Gasteiger partial charge in [0.15, 0.2) is 0 Å². The van der Waals surface area contributed by atoms with Gasteiger partial charge in [0, 0.05) is 40.4 Å². The summed E-state index contributed by atoms with van der Waals surface area (Å²) in [5.41, 5.74) is 3.70. The summed E-state index contributed by atoms with van der Waals surface area (Å²) in [6.45, 7) is 0. The van der Waals surface area contributed by atoms with Gasteiger partial charge in [0.05, 0.1) is 0 Å². The maximum Gasteiger partial charge on any atom is 0.0457 e. The van der Waals surface area contributed by atoms with Crippen LogP contribution in [0.1, 0.15) is 11.1 Å². The largest absolute Gasteiger partial charge is 0.361 e. The number of H-pyrrole nitrogens is 1. The minimum absolute atomic E-state index is 0.907. The van der Waals surface area contributed by atoms with E-state index in [1.165, 1.54) is 22.0 Å². The summed E-state index contributed by atoms with van der Waals surface area (Å²) < 4.78 is 1.11. The molecule has 0 atom stereocenters. The fraction of sp³-hybridized carbons (Fsp3) is 0.0714. The van der Waals surface area contributed by atoms with E-state index in [9.17, 15) is 0 Å². The van der Waals surface area contributed by atoms with Gasteiger partial charge in [-0.15, -0.1) is 0 Å². The van der Waals surface area contributed by atoms with Crippen molar-refractivity contribution in [1.29, 1.82) is 0 Å². The summed E-state index contributed by atoms with van der Waals surface area (Å²) in [6, 6.07) is 10.4. The Morgan fingerprint density at radius 2 is 2.18 bits per heavy atom. The van der Waals surface area contributed by atoms with Gasteiger partial charge in [-0.25, -0.2) is 0 Å². The van der Waals surface area contributed by atoms with Gasteiger partial charge < -0.3 is 4.98 Å². The van der Waals surface area contributed by atoms with Gasteiger partial charge in [0.2, 0.25) is 0 Å². The van der Waals surface area contributed by atoms with Crippen molar-refractivity contribution in [2.45, 2.75) is 6.42 Å². The fourth-order valence-electron chi connectivity index (χ4n) is 2.02. The molecule has 2 aromatic heterocycles. The fourth-order valence-corrected chi connectivity index (χ4v) is 2.38. The van der Waals surface area contributed by atoms with Gasteiger partial charge in [-0.2, -0.15) is 0 Å². The summed E-state index contributed by atoms with van der Waals surface area (Å²) >= 11 is 3.51. The molecule has 0 aliphatic rings. The number of hydrogen-bond acceptors (Lipinski definition) is 1. The van der Waals surface area contributed by atoms with E-state index < -0.39 is 0 Å². The molecule has 0 radical (unpaired) electrons. The summed E-state index contributed by atoms with van der Waals surface area (Å²) in [7, 11) is 0. The van der Waals surface area contributed by atoms with Crippen molar-refractivity contribution in [1.82, 2.24) is 9.97 Å². The van der Waals surface area contributed by atoms with Crippen LogP contribution in [0.5, 0.6) is 0 Å². The number of aromatic amines is 1. The van der Waals surface area contributed by atoms with Crippen LogP contribution in [0.25, 0.3) is 10.9 Å².